The Hall–Kier alpha value is -1.11. The molecule has 17 heavy (non-hydrogen) atoms. The van der Waals surface area contributed by atoms with Gasteiger partial charge in [0.05, 0.1) is 13.7 Å². The molecule has 0 aromatic heterocycles. The molecule has 1 aromatic rings. The lowest BCUT2D eigenvalue weighted by molar-refractivity contribution is -0.108. The molecule has 1 aromatic carbocycles. The second-order valence-corrected chi connectivity index (χ2v) is 5.52. The number of nitrogens with zero attached hydrogens (tertiary/aromatic N) is 1. The predicted molar refractivity (Wildman–Crippen MR) is 62.1 cm³/mol. The first kappa shape index (κ1) is 12.3. The highest BCUT2D eigenvalue weighted by atomic mass is 32.2. The third-order valence-electron chi connectivity index (χ3n) is 2.59. The van der Waals surface area contributed by atoms with E-state index in [2.05, 4.69) is 0 Å². The van der Waals surface area contributed by atoms with E-state index in [0.717, 1.165) is 17.3 Å². The van der Waals surface area contributed by atoms with Gasteiger partial charge < -0.3 is 4.74 Å². The van der Waals surface area contributed by atoms with E-state index in [1.54, 1.807) is 18.2 Å². The highest BCUT2D eigenvalue weighted by molar-refractivity contribution is 7.89. The lowest BCUT2D eigenvalue weighted by atomic mass is 10.3. The van der Waals surface area contributed by atoms with Gasteiger partial charge >= 0.3 is 0 Å². The summed E-state index contributed by atoms with van der Waals surface area (Å²) in [6.07, 6.45) is 1.70. The van der Waals surface area contributed by atoms with Crippen LogP contribution in [0.3, 0.4) is 0 Å². The maximum absolute atomic E-state index is 12.3. The molecule has 6 heteroatoms. The molecule has 0 spiro atoms. The summed E-state index contributed by atoms with van der Waals surface area (Å²) in [6.45, 7) is 0.828. The first-order chi connectivity index (χ1) is 8.16. The number of benzene rings is 1. The van der Waals surface area contributed by atoms with Gasteiger partial charge in [0, 0.05) is 6.54 Å². The highest BCUT2D eigenvalue weighted by Crippen LogP contribution is 2.27. The second-order valence-electron chi connectivity index (χ2n) is 3.72. The zero-order chi connectivity index (χ0) is 12.3. The Balaban J connectivity index is 2.36. The summed E-state index contributed by atoms with van der Waals surface area (Å²) >= 11 is 0. The van der Waals surface area contributed by atoms with Gasteiger partial charge in [-0.2, -0.15) is 0 Å². The quantitative estimate of drug-likeness (QED) is 0.821. The van der Waals surface area contributed by atoms with Crippen molar-refractivity contribution in [1.29, 1.82) is 0 Å². The van der Waals surface area contributed by atoms with Gasteiger partial charge in [0.2, 0.25) is 0 Å². The molecule has 0 bridgehead atoms. The molecule has 1 aliphatic rings. The van der Waals surface area contributed by atoms with Crippen LogP contribution in [0.15, 0.2) is 29.2 Å². The number of hydrogen-bond donors (Lipinski definition) is 0. The first-order valence-electron chi connectivity index (χ1n) is 5.45. The normalized spacial score (nSPS) is 17.9. The zero-order valence-electron chi connectivity index (χ0n) is 9.63. The van der Waals surface area contributed by atoms with Gasteiger partial charge in [-0.25, -0.2) is 8.42 Å². The largest absolute Gasteiger partial charge is 0.495 e. The fourth-order valence-electron chi connectivity index (χ4n) is 1.71. The summed E-state index contributed by atoms with van der Waals surface area (Å²) in [7, 11) is -2.17. The van der Waals surface area contributed by atoms with Gasteiger partial charge in [0.25, 0.3) is 10.0 Å². The molecular formula is C11H15NO4S. The number of para-hydroxylation sites is 1. The number of ether oxygens (including phenoxy) is 1. The molecule has 0 saturated carbocycles. The van der Waals surface area contributed by atoms with Crippen molar-refractivity contribution in [3.63, 3.8) is 0 Å². The van der Waals surface area contributed by atoms with Crippen LogP contribution in [-0.2, 0) is 14.9 Å². The van der Waals surface area contributed by atoms with Crippen molar-refractivity contribution in [2.45, 2.75) is 17.7 Å². The van der Waals surface area contributed by atoms with Gasteiger partial charge in [-0.15, -0.1) is 0 Å². The molecule has 0 unspecified atom stereocenters. The smallest absolute Gasteiger partial charge is 0.268 e. The van der Waals surface area contributed by atoms with Crippen molar-refractivity contribution < 1.29 is 18.0 Å². The van der Waals surface area contributed by atoms with E-state index in [9.17, 15) is 8.42 Å². The van der Waals surface area contributed by atoms with Crippen LogP contribution in [0.2, 0.25) is 0 Å². The first-order valence-corrected chi connectivity index (χ1v) is 6.89. The number of hydroxylamine groups is 1. The Morgan fingerprint density at radius 1 is 1.29 bits per heavy atom. The molecule has 0 N–H and O–H groups in total. The van der Waals surface area contributed by atoms with Gasteiger partial charge in [0.15, 0.2) is 0 Å². The molecule has 0 atom stereocenters. The van der Waals surface area contributed by atoms with Crippen LogP contribution in [-0.4, -0.2) is 33.1 Å². The van der Waals surface area contributed by atoms with Crippen LogP contribution >= 0.6 is 0 Å². The van der Waals surface area contributed by atoms with Crippen molar-refractivity contribution >= 4 is 10.0 Å². The summed E-state index contributed by atoms with van der Waals surface area (Å²) in [4.78, 5) is 5.33. The van der Waals surface area contributed by atoms with Crippen molar-refractivity contribution in [3.05, 3.63) is 24.3 Å². The molecule has 94 valence electrons. The third-order valence-corrected chi connectivity index (χ3v) is 4.30. The summed E-state index contributed by atoms with van der Waals surface area (Å²) in [5.74, 6) is 0.335. The lowest BCUT2D eigenvalue weighted by Crippen LogP contribution is -2.35. The van der Waals surface area contributed by atoms with Gasteiger partial charge in [0.1, 0.15) is 10.6 Å². The van der Waals surface area contributed by atoms with Gasteiger partial charge in [-0.3, -0.25) is 4.84 Å². The van der Waals surface area contributed by atoms with Crippen LogP contribution < -0.4 is 4.74 Å². The number of hydrogen-bond acceptors (Lipinski definition) is 4. The van der Waals surface area contributed by atoms with E-state index in [1.165, 1.54) is 13.2 Å². The van der Waals surface area contributed by atoms with Crippen LogP contribution in [0, 0.1) is 0 Å². The SMILES string of the molecule is COc1ccccc1S(=O)(=O)N1CCCCO1. The van der Waals surface area contributed by atoms with Crippen molar-refractivity contribution in [2.75, 3.05) is 20.3 Å². The molecule has 1 fully saturated rings. The predicted octanol–water partition coefficient (Wildman–Crippen LogP) is 1.41. The Labute approximate surface area is 101 Å². The summed E-state index contributed by atoms with van der Waals surface area (Å²) in [5.41, 5.74) is 0. The Kier molecular flexibility index (Phi) is 3.66. The van der Waals surface area contributed by atoms with Crippen LogP contribution in [0.1, 0.15) is 12.8 Å². The maximum atomic E-state index is 12.3. The van der Waals surface area contributed by atoms with Crippen molar-refractivity contribution in [2.24, 2.45) is 0 Å². The van der Waals surface area contributed by atoms with E-state index >= 15 is 0 Å². The molecule has 2 rings (SSSR count). The van der Waals surface area contributed by atoms with Crippen molar-refractivity contribution in [1.82, 2.24) is 4.47 Å². The monoisotopic (exact) mass is 257 g/mol. The Morgan fingerprint density at radius 2 is 2.06 bits per heavy atom. The average molecular weight is 257 g/mol. The minimum atomic E-state index is -3.62. The molecule has 1 saturated heterocycles. The number of sulfonamides is 1. The fourth-order valence-corrected chi connectivity index (χ4v) is 3.16. The zero-order valence-corrected chi connectivity index (χ0v) is 10.4. The number of methoxy groups -OCH3 is 1. The summed E-state index contributed by atoms with van der Waals surface area (Å²) in [6, 6.07) is 6.54. The molecule has 0 aliphatic carbocycles. The van der Waals surface area contributed by atoms with Crippen LogP contribution in [0.4, 0.5) is 0 Å². The van der Waals surface area contributed by atoms with Crippen molar-refractivity contribution in [3.8, 4) is 5.75 Å². The van der Waals surface area contributed by atoms with E-state index in [4.69, 9.17) is 9.57 Å². The molecule has 0 amide bonds. The lowest BCUT2D eigenvalue weighted by Gasteiger charge is -2.25. The highest BCUT2D eigenvalue weighted by Gasteiger charge is 2.29. The molecular weight excluding hydrogens is 242 g/mol. The molecule has 5 nitrogen and oxygen atoms in total. The third kappa shape index (κ3) is 2.43. The molecule has 1 aliphatic heterocycles. The number of rotatable bonds is 3. The Morgan fingerprint density at radius 3 is 2.71 bits per heavy atom. The average Bonchev–Trinajstić information content (AvgIpc) is 2.39. The van der Waals surface area contributed by atoms with E-state index < -0.39 is 10.0 Å². The van der Waals surface area contributed by atoms with Crippen LogP contribution in [0.5, 0.6) is 5.75 Å². The van der Waals surface area contributed by atoms with Crippen LogP contribution in [0.25, 0.3) is 0 Å². The van der Waals surface area contributed by atoms with E-state index in [0.29, 0.717) is 18.9 Å². The van der Waals surface area contributed by atoms with E-state index in [-0.39, 0.29) is 4.90 Å². The van der Waals surface area contributed by atoms with Gasteiger partial charge in [-0.05, 0) is 25.0 Å². The standard InChI is InChI=1S/C11H15NO4S/c1-15-10-6-2-3-7-11(10)17(13,14)12-8-4-5-9-16-12/h2-3,6-7H,4-5,8-9H2,1H3. The second kappa shape index (κ2) is 5.03. The Bertz CT molecular complexity index is 480. The fraction of sp³-hybridized carbons (Fsp3) is 0.455. The minimum absolute atomic E-state index is 0.143. The van der Waals surface area contributed by atoms with Gasteiger partial charge in [-0.1, -0.05) is 16.6 Å². The summed E-state index contributed by atoms with van der Waals surface area (Å²) in [5, 5.41) is 0. The molecule has 0 radical (unpaired) electrons. The minimum Gasteiger partial charge on any atom is -0.495 e. The molecule has 1 heterocycles. The summed E-state index contributed by atoms with van der Waals surface area (Å²) < 4.78 is 30.7. The maximum Gasteiger partial charge on any atom is 0.268 e. The van der Waals surface area contributed by atoms with E-state index in [1.807, 2.05) is 0 Å². The topological polar surface area (TPSA) is 55.8 Å².